The summed E-state index contributed by atoms with van der Waals surface area (Å²) in [4.78, 5) is 15.3. The number of likely N-dealkylation sites (N-methyl/N-ethyl adjacent to an activating group) is 1. The monoisotopic (exact) mass is 397 g/mol. The molecule has 0 heterocycles. The Labute approximate surface area is 177 Å². The number of nitrogens with zero attached hydrogens (tertiary/aromatic N) is 1. The Kier molecular flexibility index (Phi) is 10.2. The van der Waals surface area contributed by atoms with Gasteiger partial charge >= 0.3 is 0 Å². The second-order valence-electron chi connectivity index (χ2n) is 8.53. The van der Waals surface area contributed by atoms with Crippen molar-refractivity contribution in [1.82, 2.24) is 10.2 Å². The molecule has 1 aromatic carbocycles. The zero-order valence-electron chi connectivity index (χ0n) is 18.3. The number of hydrogen-bond acceptors (Lipinski definition) is 3. The van der Waals surface area contributed by atoms with Crippen LogP contribution in [0.1, 0.15) is 50.5 Å². The Hall–Kier alpha value is -1.91. The second-order valence-corrected chi connectivity index (χ2v) is 8.53. The number of aryl methyl sites for hydroxylation is 1. The van der Waals surface area contributed by atoms with E-state index in [0.717, 1.165) is 57.9 Å². The summed E-state index contributed by atoms with van der Waals surface area (Å²) in [5.41, 5.74) is 8.60. The summed E-state index contributed by atoms with van der Waals surface area (Å²) < 4.78 is 0. The third-order valence-corrected chi connectivity index (χ3v) is 5.93. The smallest absolute Gasteiger partial charge is 0.227 e. The van der Waals surface area contributed by atoms with Crippen LogP contribution in [0.15, 0.2) is 54.1 Å². The SMILES string of the molecule is CN(C)CCNC(=O)C(CN)(CCCC1=CC=CCC1)CCCc1ccccc1. The van der Waals surface area contributed by atoms with Crippen molar-refractivity contribution >= 4 is 5.91 Å². The molecule has 0 bridgehead atoms. The third kappa shape index (κ3) is 8.15. The number of amides is 1. The average molecular weight is 398 g/mol. The molecule has 0 aliphatic heterocycles. The first-order valence-corrected chi connectivity index (χ1v) is 11.1. The van der Waals surface area contributed by atoms with Gasteiger partial charge in [-0.2, -0.15) is 0 Å². The first-order valence-electron chi connectivity index (χ1n) is 11.1. The van der Waals surface area contributed by atoms with Crippen molar-refractivity contribution in [2.24, 2.45) is 11.1 Å². The van der Waals surface area contributed by atoms with Crippen molar-refractivity contribution < 1.29 is 4.79 Å². The molecule has 160 valence electrons. The zero-order valence-corrected chi connectivity index (χ0v) is 18.3. The lowest BCUT2D eigenvalue weighted by molar-refractivity contribution is -0.131. The summed E-state index contributed by atoms with van der Waals surface area (Å²) in [6.45, 7) is 1.92. The largest absolute Gasteiger partial charge is 0.354 e. The van der Waals surface area contributed by atoms with E-state index in [1.54, 1.807) is 0 Å². The maximum atomic E-state index is 13.2. The number of hydrogen-bond donors (Lipinski definition) is 2. The molecule has 1 amide bonds. The molecule has 1 aromatic rings. The molecule has 0 saturated carbocycles. The summed E-state index contributed by atoms with van der Waals surface area (Å²) in [5.74, 6) is 0.132. The first kappa shape index (κ1) is 23.4. The van der Waals surface area contributed by atoms with E-state index in [1.165, 1.54) is 11.1 Å². The number of carbonyl (C=O) groups excluding carboxylic acids is 1. The van der Waals surface area contributed by atoms with Crippen LogP contribution in [-0.4, -0.2) is 44.5 Å². The highest BCUT2D eigenvalue weighted by Gasteiger charge is 2.35. The molecule has 2 rings (SSSR count). The lowest BCUT2D eigenvalue weighted by Gasteiger charge is -2.32. The number of carbonyl (C=O) groups is 1. The van der Waals surface area contributed by atoms with Gasteiger partial charge in [0.2, 0.25) is 5.91 Å². The maximum Gasteiger partial charge on any atom is 0.227 e. The van der Waals surface area contributed by atoms with Gasteiger partial charge in [-0.15, -0.1) is 0 Å². The van der Waals surface area contributed by atoms with Gasteiger partial charge in [0.15, 0.2) is 0 Å². The molecule has 4 heteroatoms. The van der Waals surface area contributed by atoms with Crippen LogP contribution in [0, 0.1) is 5.41 Å². The molecule has 1 aliphatic carbocycles. The van der Waals surface area contributed by atoms with Crippen molar-refractivity contribution in [1.29, 1.82) is 0 Å². The van der Waals surface area contributed by atoms with E-state index < -0.39 is 5.41 Å². The average Bonchev–Trinajstić information content (AvgIpc) is 2.74. The van der Waals surface area contributed by atoms with Crippen molar-refractivity contribution in [2.45, 2.75) is 51.4 Å². The fourth-order valence-electron chi connectivity index (χ4n) is 4.02. The molecular formula is C25H39N3O. The summed E-state index contributed by atoms with van der Waals surface area (Å²) >= 11 is 0. The third-order valence-electron chi connectivity index (χ3n) is 5.93. The number of allylic oxidation sites excluding steroid dienone is 4. The van der Waals surface area contributed by atoms with E-state index in [4.69, 9.17) is 5.73 Å². The molecule has 0 spiro atoms. The molecule has 1 aliphatic rings. The zero-order chi connectivity index (χ0) is 21.0. The fourth-order valence-corrected chi connectivity index (χ4v) is 4.02. The van der Waals surface area contributed by atoms with Crippen molar-refractivity contribution in [2.75, 3.05) is 33.7 Å². The Balaban J connectivity index is 1.96. The Morgan fingerprint density at radius 1 is 1.14 bits per heavy atom. The molecule has 0 radical (unpaired) electrons. The topological polar surface area (TPSA) is 58.4 Å². The van der Waals surface area contributed by atoms with Gasteiger partial charge in [0.05, 0.1) is 5.41 Å². The normalized spacial score (nSPS) is 15.8. The van der Waals surface area contributed by atoms with Crippen LogP contribution >= 0.6 is 0 Å². The Bertz CT molecular complexity index is 666. The van der Waals surface area contributed by atoms with E-state index >= 15 is 0 Å². The van der Waals surface area contributed by atoms with Crippen LogP contribution in [0.25, 0.3) is 0 Å². The van der Waals surface area contributed by atoms with Crippen molar-refractivity contribution in [3.05, 3.63) is 59.7 Å². The van der Waals surface area contributed by atoms with Gasteiger partial charge in [-0.25, -0.2) is 0 Å². The minimum absolute atomic E-state index is 0.132. The van der Waals surface area contributed by atoms with Crippen LogP contribution in [0.4, 0.5) is 0 Å². The highest BCUT2D eigenvalue weighted by molar-refractivity contribution is 5.82. The Morgan fingerprint density at radius 2 is 1.86 bits per heavy atom. The van der Waals surface area contributed by atoms with E-state index in [0.29, 0.717) is 13.1 Å². The summed E-state index contributed by atoms with van der Waals surface area (Å²) in [7, 11) is 4.04. The van der Waals surface area contributed by atoms with E-state index in [9.17, 15) is 4.79 Å². The molecule has 29 heavy (non-hydrogen) atoms. The van der Waals surface area contributed by atoms with Gasteiger partial charge in [-0.1, -0.05) is 54.1 Å². The highest BCUT2D eigenvalue weighted by Crippen LogP contribution is 2.32. The van der Waals surface area contributed by atoms with Crippen LogP contribution < -0.4 is 11.1 Å². The molecular weight excluding hydrogens is 358 g/mol. The van der Waals surface area contributed by atoms with E-state index in [-0.39, 0.29) is 5.91 Å². The lowest BCUT2D eigenvalue weighted by atomic mass is 9.76. The molecule has 4 nitrogen and oxygen atoms in total. The molecule has 1 atom stereocenters. The van der Waals surface area contributed by atoms with Crippen molar-refractivity contribution in [3.63, 3.8) is 0 Å². The molecule has 0 saturated heterocycles. The summed E-state index contributed by atoms with van der Waals surface area (Å²) in [6, 6.07) is 10.5. The number of rotatable bonds is 13. The van der Waals surface area contributed by atoms with Crippen LogP contribution in [0.5, 0.6) is 0 Å². The number of nitrogens with two attached hydrogens (primary N) is 1. The highest BCUT2D eigenvalue weighted by atomic mass is 16.2. The lowest BCUT2D eigenvalue weighted by Crippen LogP contribution is -2.47. The second kappa shape index (κ2) is 12.6. The minimum Gasteiger partial charge on any atom is -0.354 e. The van der Waals surface area contributed by atoms with Crippen LogP contribution in [0.2, 0.25) is 0 Å². The predicted molar refractivity (Wildman–Crippen MR) is 123 cm³/mol. The van der Waals surface area contributed by atoms with E-state index in [1.807, 2.05) is 20.2 Å². The maximum absolute atomic E-state index is 13.2. The van der Waals surface area contributed by atoms with Gasteiger partial charge in [0.25, 0.3) is 0 Å². The Morgan fingerprint density at radius 3 is 2.48 bits per heavy atom. The number of nitrogens with one attached hydrogen (secondary N) is 1. The van der Waals surface area contributed by atoms with Crippen molar-refractivity contribution in [3.8, 4) is 0 Å². The van der Waals surface area contributed by atoms with Gasteiger partial charge in [0.1, 0.15) is 0 Å². The predicted octanol–water partition coefficient (Wildman–Crippen LogP) is 4.08. The first-order chi connectivity index (χ1) is 14.1. The fraction of sp³-hybridized carbons (Fsp3) is 0.560. The van der Waals surface area contributed by atoms with Gasteiger partial charge in [-0.05, 0) is 71.0 Å². The number of benzene rings is 1. The van der Waals surface area contributed by atoms with Crippen LogP contribution in [0.3, 0.4) is 0 Å². The standard InChI is InChI=1S/C25H39N3O/c1-28(2)20-19-27-24(29)25(21-26,17-9-15-22-11-5-3-6-12-22)18-10-16-23-13-7-4-8-14-23/h3-7,11-13H,8-10,14-21,26H2,1-2H3,(H,27,29). The van der Waals surface area contributed by atoms with E-state index in [2.05, 4.69) is 52.7 Å². The quantitative estimate of drug-likeness (QED) is 0.527. The molecule has 0 fully saturated rings. The molecule has 0 aromatic heterocycles. The van der Waals surface area contributed by atoms with Gasteiger partial charge < -0.3 is 16.0 Å². The summed E-state index contributed by atoms with van der Waals surface area (Å²) in [5, 5.41) is 3.16. The van der Waals surface area contributed by atoms with Gasteiger partial charge in [-0.3, -0.25) is 4.79 Å². The molecule has 1 unspecified atom stereocenters. The van der Waals surface area contributed by atoms with Crippen LogP contribution in [-0.2, 0) is 11.2 Å². The molecule has 3 N–H and O–H groups in total. The minimum atomic E-state index is -0.466. The van der Waals surface area contributed by atoms with Gasteiger partial charge in [0, 0.05) is 19.6 Å². The summed E-state index contributed by atoms with van der Waals surface area (Å²) in [6.07, 6.45) is 14.6.